The van der Waals surface area contributed by atoms with Gasteiger partial charge in [0, 0.05) is 5.75 Å². The second-order valence-corrected chi connectivity index (χ2v) is 5.29. The molecule has 7 heteroatoms. The fraction of sp³-hybridized carbons (Fsp3) is 0.308. The van der Waals surface area contributed by atoms with Gasteiger partial charge in [0.25, 0.3) is 0 Å². The summed E-state index contributed by atoms with van der Waals surface area (Å²) in [5.74, 6) is 3.26. The smallest absolute Gasteiger partial charge is 0.225 e. The van der Waals surface area contributed by atoms with E-state index in [4.69, 9.17) is 16.2 Å². The van der Waals surface area contributed by atoms with Gasteiger partial charge >= 0.3 is 0 Å². The monoisotopic (exact) mass is 291 g/mol. The van der Waals surface area contributed by atoms with Crippen molar-refractivity contribution in [1.82, 2.24) is 15.0 Å². The summed E-state index contributed by atoms with van der Waals surface area (Å²) in [6.07, 6.45) is 0. The Kier molecular flexibility index (Phi) is 5.00. The van der Waals surface area contributed by atoms with E-state index in [-0.39, 0.29) is 11.9 Å². The maximum absolute atomic E-state index is 5.65. The highest BCUT2D eigenvalue weighted by Crippen LogP contribution is 2.14. The van der Waals surface area contributed by atoms with Crippen molar-refractivity contribution in [3.8, 4) is 5.75 Å². The molecule has 0 fully saturated rings. The van der Waals surface area contributed by atoms with E-state index in [0.29, 0.717) is 18.2 Å². The summed E-state index contributed by atoms with van der Waals surface area (Å²) < 4.78 is 5.65. The standard InChI is InChI=1S/C13H17N5OS/c1-9-3-2-4-10(7-9)19-5-6-20-8-11-16-12(14)18-13(15)17-11/h2-4,7H,5-6,8H2,1H3,(H4,14,15,16,17,18). The van der Waals surface area contributed by atoms with Crippen LogP contribution >= 0.6 is 11.8 Å². The van der Waals surface area contributed by atoms with Crippen LogP contribution in [0, 0.1) is 6.92 Å². The minimum Gasteiger partial charge on any atom is -0.493 e. The Morgan fingerprint density at radius 1 is 1.15 bits per heavy atom. The van der Waals surface area contributed by atoms with Crippen LogP contribution in [0.1, 0.15) is 11.4 Å². The van der Waals surface area contributed by atoms with Crippen molar-refractivity contribution in [3.63, 3.8) is 0 Å². The summed E-state index contributed by atoms with van der Waals surface area (Å²) >= 11 is 1.66. The molecule has 0 bridgehead atoms. The molecule has 0 aliphatic heterocycles. The molecule has 0 saturated carbocycles. The van der Waals surface area contributed by atoms with Gasteiger partial charge in [-0.15, -0.1) is 0 Å². The summed E-state index contributed by atoms with van der Waals surface area (Å²) in [6.45, 7) is 2.67. The van der Waals surface area contributed by atoms with Crippen LogP contribution in [-0.4, -0.2) is 27.3 Å². The number of aryl methyl sites for hydroxylation is 1. The van der Waals surface area contributed by atoms with E-state index >= 15 is 0 Å². The predicted octanol–water partition coefficient (Wildman–Crippen LogP) is 1.66. The Morgan fingerprint density at radius 3 is 2.60 bits per heavy atom. The van der Waals surface area contributed by atoms with E-state index in [1.165, 1.54) is 5.56 Å². The minimum absolute atomic E-state index is 0.157. The van der Waals surface area contributed by atoms with Crippen molar-refractivity contribution < 1.29 is 4.74 Å². The summed E-state index contributed by atoms with van der Waals surface area (Å²) in [6, 6.07) is 7.98. The van der Waals surface area contributed by atoms with Gasteiger partial charge in [0.1, 0.15) is 11.6 Å². The maximum atomic E-state index is 5.65. The second-order valence-electron chi connectivity index (χ2n) is 4.19. The summed E-state index contributed by atoms with van der Waals surface area (Å²) in [5, 5.41) is 0. The van der Waals surface area contributed by atoms with Crippen molar-refractivity contribution in [1.29, 1.82) is 0 Å². The Balaban J connectivity index is 1.71. The SMILES string of the molecule is Cc1cccc(OCCSCc2nc(N)nc(N)n2)c1. The number of benzene rings is 1. The third-order valence-corrected chi connectivity index (χ3v) is 3.35. The maximum Gasteiger partial charge on any atom is 0.225 e. The van der Waals surface area contributed by atoms with Crippen LogP contribution < -0.4 is 16.2 Å². The first kappa shape index (κ1) is 14.4. The Labute approximate surface area is 122 Å². The molecule has 20 heavy (non-hydrogen) atoms. The lowest BCUT2D eigenvalue weighted by Crippen LogP contribution is -2.07. The van der Waals surface area contributed by atoms with Gasteiger partial charge in [0.05, 0.1) is 12.4 Å². The molecule has 2 rings (SSSR count). The Bertz CT molecular complexity index is 558. The highest BCUT2D eigenvalue weighted by molar-refractivity contribution is 7.98. The van der Waals surface area contributed by atoms with Crippen molar-refractivity contribution in [2.75, 3.05) is 23.8 Å². The normalized spacial score (nSPS) is 10.4. The largest absolute Gasteiger partial charge is 0.493 e. The highest BCUT2D eigenvalue weighted by atomic mass is 32.2. The lowest BCUT2D eigenvalue weighted by atomic mass is 10.2. The van der Waals surface area contributed by atoms with Crippen LogP contribution in [0.25, 0.3) is 0 Å². The topological polar surface area (TPSA) is 99.9 Å². The van der Waals surface area contributed by atoms with E-state index in [1.807, 2.05) is 31.2 Å². The van der Waals surface area contributed by atoms with Crippen molar-refractivity contribution in [2.24, 2.45) is 0 Å². The average Bonchev–Trinajstić information content (AvgIpc) is 2.37. The van der Waals surface area contributed by atoms with E-state index in [1.54, 1.807) is 11.8 Å². The number of ether oxygens (including phenoxy) is 1. The highest BCUT2D eigenvalue weighted by Gasteiger charge is 2.02. The first-order valence-electron chi connectivity index (χ1n) is 6.16. The molecule has 0 aliphatic carbocycles. The number of hydrogen-bond donors (Lipinski definition) is 2. The van der Waals surface area contributed by atoms with Gasteiger partial charge in [0.2, 0.25) is 11.9 Å². The third-order valence-electron chi connectivity index (χ3n) is 2.43. The molecule has 1 aromatic carbocycles. The molecule has 0 radical (unpaired) electrons. The quantitative estimate of drug-likeness (QED) is 0.780. The first-order chi connectivity index (χ1) is 9.63. The van der Waals surface area contributed by atoms with Crippen LogP contribution in [0.4, 0.5) is 11.9 Å². The number of hydrogen-bond acceptors (Lipinski definition) is 7. The number of rotatable bonds is 6. The number of thioether (sulfide) groups is 1. The molecule has 0 spiro atoms. The van der Waals surface area contributed by atoms with Crippen LogP contribution in [0.3, 0.4) is 0 Å². The van der Waals surface area contributed by atoms with Gasteiger partial charge in [-0.3, -0.25) is 0 Å². The van der Waals surface area contributed by atoms with Crippen molar-refractivity contribution >= 4 is 23.7 Å². The molecule has 1 heterocycles. The van der Waals surface area contributed by atoms with Crippen LogP contribution in [0.15, 0.2) is 24.3 Å². The molecular formula is C13H17N5OS. The molecule has 0 atom stereocenters. The van der Waals surface area contributed by atoms with Crippen molar-refractivity contribution in [3.05, 3.63) is 35.7 Å². The third kappa shape index (κ3) is 4.58. The zero-order chi connectivity index (χ0) is 14.4. The first-order valence-corrected chi connectivity index (χ1v) is 7.32. The summed E-state index contributed by atoms with van der Waals surface area (Å²) in [7, 11) is 0. The molecule has 106 valence electrons. The van der Waals surface area contributed by atoms with Gasteiger partial charge in [-0.2, -0.15) is 26.7 Å². The summed E-state index contributed by atoms with van der Waals surface area (Å²) in [5.41, 5.74) is 12.2. The number of nitrogens with two attached hydrogens (primary N) is 2. The zero-order valence-electron chi connectivity index (χ0n) is 11.2. The molecule has 0 amide bonds. The molecule has 0 unspecified atom stereocenters. The predicted molar refractivity (Wildman–Crippen MR) is 81.5 cm³/mol. The number of nitrogens with zero attached hydrogens (tertiary/aromatic N) is 3. The average molecular weight is 291 g/mol. The molecule has 6 nitrogen and oxygen atoms in total. The number of anilines is 2. The van der Waals surface area contributed by atoms with Gasteiger partial charge in [-0.05, 0) is 24.6 Å². The molecule has 4 N–H and O–H groups in total. The van der Waals surface area contributed by atoms with Gasteiger partial charge in [-0.1, -0.05) is 12.1 Å². The summed E-state index contributed by atoms with van der Waals surface area (Å²) in [4.78, 5) is 11.8. The lowest BCUT2D eigenvalue weighted by Gasteiger charge is -2.06. The number of nitrogen functional groups attached to an aromatic ring is 2. The molecule has 0 saturated heterocycles. The van der Waals surface area contributed by atoms with Gasteiger partial charge < -0.3 is 16.2 Å². The molecular weight excluding hydrogens is 274 g/mol. The van der Waals surface area contributed by atoms with E-state index in [0.717, 1.165) is 11.5 Å². The van der Waals surface area contributed by atoms with Crippen LogP contribution in [-0.2, 0) is 5.75 Å². The second kappa shape index (κ2) is 6.95. The Morgan fingerprint density at radius 2 is 1.90 bits per heavy atom. The zero-order valence-corrected chi connectivity index (χ0v) is 12.1. The van der Waals surface area contributed by atoms with Gasteiger partial charge in [-0.25, -0.2) is 0 Å². The Hall–Kier alpha value is -2.02. The van der Waals surface area contributed by atoms with E-state index in [9.17, 15) is 0 Å². The van der Waals surface area contributed by atoms with Gasteiger partial charge in [0.15, 0.2) is 0 Å². The lowest BCUT2D eigenvalue weighted by molar-refractivity contribution is 0.343. The fourth-order valence-electron chi connectivity index (χ4n) is 1.61. The van der Waals surface area contributed by atoms with E-state index < -0.39 is 0 Å². The fourth-order valence-corrected chi connectivity index (χ4v) is 2.27. The van der Waals surface area contributed by atoms with Crippen LogP contribution in [0.5, 0.6) is 5.75 Å². The molecule has 2 aromatic rings. The minimum atomic E-state index is 0.157. The molecule has 0 aliphatic rings. The van der Waals surface area contributed by atoms with Crippen LogP contribution in [0.2, 0.25) is 0 Å². The van der Waals surface area contributed by atoms with E-state index in [2.05, 4.69) is 15.0 Å². The van der Waals surface area contributed by atoms with Crippen molar-refractivity contribution in [2.45, 2.75) is 12.7 Å². The molecule has 1 aromatic heterocycles. The number of aromatic nitrogens is 3.